The molecular weight excluding hydrogens is 421 g/mol. The van der Waals surface area contributed by atoms with E-state index in [-0.39, 0.29) is 5.91 Å². The number of methoxy groups -OCH3 is 1. The minimum absolute atomic E-state index is 0.337. The van der Waals surface area contributed by atoms with E-state index in [9.17, 15) is 4.79 Å². The number of carbonyl (C=O) groups is 1. The van der Waals surface area contributed by atoms with Gasteiger partial charge >= 0.3 is 0 Å². The van der Waals surface area contributed by atoms with E-state index in [0.717, 1.165) is 11.3 Å². The molecule has 0 aliphatic heterocycles. The SMILES string of the molecule is CCC(Oc1cc(Cl)ccc1Cl)C(=O)Nc1nnc(-c2ccc(OC)cc2)s1. The van der Waals surface area contributed by atoms with Crippen molar-refractivity contribution in [2.75, 3.05) is 12.4 Å². The number of hydrogen-bond acceptors (Lipinski definition) is 6. The molecule has 1 heterocycles. The summed E-state index contributed by atoms with van der Waals surface area (Å²) in [5, 5.41) is 12.8. The van der Waals surface area contributed by atoms with Gasteiger partial charge in [0.1, 0.15) is 16.5 Å². The van der Waals surface area contributed by atoms with E-state index in [4.69, 9.17) is 32.7 Å². The zero-order valence-electron chi connectivity index (χ0n) is 15.1. The minimum atomic E-state index is -0.746. The normalized spacial score (nSPS) is 11.7. The maximum Gasteiger partial charge on any atom is 0.267 e. The van der Waals surface area contributed by atoms with Crippen molar-refractivity contribution < 1.29 is 14.3 Å². The molecule has 0 aliphatic rings. The average molecular weight is 438 g/mol. The van der Waals surface area contributed by atoms with E-state index in [2.05, 4.69) is 15.5 Å². The van der Waals surface area contributed by atoms with Gasteiger partial charge in [0.05, 0.1) is 12.1 Å². The Balaban J connectivity index is 1.69. The number of aromatic nitrogens is 2. The third-order valence-corrected chi connectivity index (χ3v) is 5.25. The third kappa shape index (κ3) is 4.92. The fourth-order valence-corrected chi connectivity index (χ4v) is 3.43. The Kier molecular flexibility index (Phi) is 6.72. The molecule has 1 atom stereocenters. The second kappa shape index (κ2) is 9.23. The van der Waals surface area contributed by atoms with Crippen LogP contribution < -0.4 is 14.8 Å². The van der Waals surface area contributed by atoms with Gasteiger partial charge in [-0.1, -0.05) is 41.5 Å². The monoisotopic (exact) mass is 437 g/mol. The molecule has 1 aromatic heterocycles. The Bertz CT molecular complexity index is 963. The van der Waals surface area contributed by atoms with Crippen molar-refractivity contribution in [3.8, 4) is 22.1 Å². The fraction of sp³-hybridized carbons (Fsp3) is 0.211. The van der Waals surface area contributed by atoms with Crippen LogP contribution in [-0.2, 0) is 4.79 Å². The first kappa shape index (κ1) is 20.4. The van der Waals surface area contributed by atoms with Crippen LogP contribution in [-0.4, -0.2) is 29.3 Å². The summed E-state index contributed by atoms with van der Waals surface area (Å²) in [6.45, 7) is 1.84. The van der Waals surface area contributed by atoms with Crippen LogP contribution in [0, 0.1) is 0 Å². The molecule has 28 heavy (non-hydrogen) atoms. The number of hydrogen-bond donors (Lipinski definition) is 1. The number of benzene rings is 2. The van der Waals surface area contributed by atoms with Gasteiger partial charge in [0, 0.05) is 16.7 Å². The lowest BCUT2D eigenvalue weighted by Gasteiger charge is -2.17. The summed E-state index contributed by atoms with van der Waals surface area (Å²) in [5.74, 6) is 0.771. The molecule has 0 aliphatic carbocycles. The van der Waals surface area contributed by atoms with Crippen molar-refractivity contribution in [3.63, 3.8) is 0 Å². The first-order valence-electron chi connectivity index (χ1n) is 8.40. The average Bonchev–Trinajstić information content (AvgIpc) is 3.17. The predicted octanol–water partition coefficient (Wildman–Crippen LogP) is 5.32. The van der Waals surface area contributed by atoms with Gasteiger partial charge in [0.2, 0.25) is 5.13 Å². The number of amides is 1. The molecule has 146 valence electrons. The highest BCUT2D eigenvalue weighted by molar-refractivity contribution is 7.18. The van der Waals surface area contributed by atoms with Crippen molar-refractivity contribution in [2.24, 2.45) is 0 Å². The van der Waals surface area contributed by atoms with Gasteiger partial charge in [-0.3, -0.25) is 10.1 Å². The molecule has 9 heteroatoms. The standard InChI is InChI=1S/C19H17Cl2N3O3S/c1-3-15(27-16-10-12(20)6-9-14(16)21)17(25)22-19-24-23-18(28-19)11-4-7-13(26-2)8-5-11/h4-10,15H,3H2,1-2H3,(H,22,24,25). The van der Waals surface area contributed by atoms with Crippen molar-refractivity contribution >= 4 is 45.6 Å². The molecule has 0 radical (unpaired) electrons. The van der Waals surface area contributed by atoms with E-state index in [1.807, 2.05) is 31.2 Å². The molecule has 1 unspecified atom stereocenters. The van der Waals surface area contributed by atoms with Crippen LogP contribution in [0.3, 0.4) is 0 Å². The van der Waals surface area contributed by atoms with Gasteiger partial charge in [0.15, 0.2) is 6.10 Å². The number of rotatable bonds is 7. The lowest BCUT2D eigenvalue weighted by molar-refractivity contribution is -0.122. The summed E-state index contributed by atoms with van der Waals surface area (Å²) < 4.78 is 10.9. The number of halogens is 2. The highest BCUT2D eigenvalue weighted by atomic mass is 35.5. The second-order valence-corrected chi connectivity index (χ2v) is 7.54. The van der Waals surface area contributed by atoms with E-state index in [0.29, 0.717) is 32.4 Å². The Morgan fingerprint density at radius 3 is 2.61 bits per heavy atom. The zero-order chi connectivity index (χ0) is 20.1. The number of nitrogens with one attached hydrogen (secondary N) is 1. The van der Waals surface area contributed by atoms with Crippen molar-refractivity contribution in [2.45, 2.75) is 19.4 Å². The van der Waals surface area contributed by atoms with Crippen LogP contribution in [0.4, 0.5) is 5.13 Å². The molecule has 0 saturated carbocycles. The molecule has 1 amide bonds. The lowest BCUT2D eigenvalue weighted by atomic mass is 10.2. The van der Waals surface area contributed by atoms with Crippen LogP contribution in [0.25, 0.3) is 10.6 Å². The van der Waals surface area contributed by atoms with Gasteiger partial charge in [-0.05, 0) is 42.8 Å². The van der Waals surface area contributed by atoms with E-state index < -0.39 is 6.10 Å². The minimum Gasteiger partial charge on any atom is -0.497 e. The topological polar surface area (TPSA) is 73.3 Å². The van der Waals surface area contributed by atoms with Gasteiger partial charge in [-0.25, -0.2) is 0 Å². The largest absolute Gasteiger partial charge is 0.497 e. The predicted molar refractivity (Wildman–Crippen MR) is 112 cm³/mol. The van der Waals surface area contributed by atoms with Gasteiger partial charge in [-0.15, -0.1) is 10.2 Å². The molecule has 0 saturated heterocycles. The Morgan fingerprint density at radius 2 is 1.93 bits per heavy atom. The summed E-state index contributed by atoms with van der Waals surface area (Å²) >= 11 is 13.3. The highest BCUT2D eigenvalue weighted by Crippen LogP contribution is 2.30. The molecule has 2 aromatic carbocycles. The molecule has 1 N–H and O–H groups in total. The van der Waals surface area contributed by atoms with E-state index in [1.165, 1.54) is 11.3 Å². The summed E-state index contributed by atoms with van der Waals surface area (Å²) in [4.78, 5) is 12.6. The summed E-state index contributed by atoms with van der Waals surface area (Å²) in [6, 6.07) is 12.3. The lowest BCUT2D eigenvalue weighted by Crippen LogP contribution is -2.32. The van der Waals surface area contributed by atoms with Crippen molar-refractivity contribution in [3.05, 3.63) is 52.5 Å². The van der Waals surface area contributed by atoms with Crippen LogP contribution in [0.15, 0.2) is 42.5 Å². The third-order valence-electron chi connectivity index (χ3n) is 3.82. The molecular formula is C19H17Cl2N3O3S. The molecule has 3 rings (SSSR count). The Hall–Kier alpha value is -2.35. The van der Waals surface area contributed by atoms with Gasteiger partial charge in [-0.2, -0.15) is 0 Å². The quantitative estimate of drug-likeness (QED) is 0.541. The maximum atomic E-state index is 12.6. The smallest absolute Gasteiger partial charge is 0.267 e. The van der Waals surface area contributed by atoms with Gasteiger partial charge < -0.3 is 9.47 Å². The molecule has 6 nitrogen and oxygen atoms in total. The number of carbonyl (C=O) groups excluding carboxylic acids is 1. The summed E-state index contributed by atoms with van der Waals surface area (Å²) in [5.41, 5.74) is 0.882. The maximum absolute atomic E-state index is 12.6. The first-order chi connectivity index (χ1) is 13.5. The second-order valence-electron chi connectivity index (χ2n) is 5.72. The van der Waals surface area contributed by atoms with E-state index >= 15 is 0 Å². The number of anilines is 1. The molecule has 0 spiro atoms. The van der Waals surface area contributed by atoms with Crippen LogP contribution in [0.5, 0.6) is 11.5 Å². The number of nitrogens with zero attached hydrogens (tertiary/aromatic N) is 2. The highest BCUT2D eigenvalue weighted by Gasteiger charge is 2.21. The van der Waals surface area contributed by atoms with Gasteiger partial charge in [0.25, 0.3) is 5.91 Å². The zero-order valence-corrected chi connectivity index (χ0v) is 17.4. The Morgan fingerprint density at radius 1 is 1.18 bits per heavy atom. The summed E-state index contributed by atoms with van der Waals surface area (Å²) in [6.07, 6.45) is -0.303. The first-order valence-corrected chi connectivity index (χ1v) is 9.98. The van der Waals surface area contributed by atoms with Crippen molar-refractivity contribution in [1.29, 1.82) is 0 Å². The van der Waals surface area contributed by atoms with Crippen molar-refractivity contribution in [1.82, 2.24) is 10.2 Å². The molecule has 3 aromatic rings. The van der Waals surface area contributed by atoms with E-state index in [1.54, 1.807) is 25.3 Å². The van der Waals surface area contributed by atoms with Crippen LogP contribution in [0.1, 0.15) is 13.3 Å². The number of ether oxygens (including phenoxy) is 2. The summed E-state index contributed by atoms with van der Waals surface area (Å²) in [7, 11) is 1.61. The molecule has 0 fully saturated rings. The Labute approximate surface area is 176 Å². The van der Waals surface area contributed by atoms with Crippen LogP contribution >= 0.6 is 34.5 Å². The fourth-order valence-electron chi connectivity index (χ4n) is 2.35. The van der Waals surface area contributed by atoms with Crippen LogP contribution in [0.2, 0.25) is 10.0 Å². The molecule has 0 bridgehead atoms.